The van der Waals surface area contributed by atoms with E-state index < -0.39 is 11.4 Å². The largest absolute Gasteiger partial charge is 0.480 e. The Morgan fingerprint density at radius 3 is 2.73 bits per heavy atom. The van der Waals surface area contributed by atoms with E-state index in [1.165, 1.54) is 19.3 Å². The van der Waals surface area contributed by atoms with E-state index in [9.17, 15) is 4.79 Å². The van der Waals surface area contributed by atoms with Gasteiger partial charge in [-0.25, -0.2) is 4.98 Å². The zero-order valence-electron chi connectivity index (χ0n) is 8.49. The fourth-order valence-electron chi connectivity index (χ4n) is 2.18. The summed E-state index contributed by atoms with van der Waals surface area (Å²) in [4.78, 5) is 18.5. The Bertz CT molecular complexity index is 402. The number of carboxylic acids is 1. The quantitative estimate of drug-likeness (QED) is 0.792. The van der Waals surface area contributed by atoms with Gasteiger partial charge in [0.15, 0.2) is 0 Å². The van der Waals surface area contributed by atoms with Gasteiger partial charge < -0.3 is 10.1 Å². The lowest BCUT2D eigenvalue weighted by molar-refractivity contribution is -0.140. The van der Waals surface area contributed by atoms with E-state index in [4.69, 9.17) is 5.11 Å². The van der Waals surface area contributed by atoms with Gasteiger partial charge in [-0.15, -0.1) is 0 Å². The molecule has 3 rings (SSSR count). The second-order valence-electron chi connectivity index (χ2n) is 4.70. The number of hydrogen-bond donors (Lipinski definition) is 2. The van der Waals surface area contributed by atoms with E-state index in [2.05, 4.69) is 9.97 Å². The molecule has 1 aromatic rings. The number of nitrogens with one attached hydrogen (secondary N) is 1. The van der Waals surface area contributed by atoms with Crippen molar-refractivity contribution in [3.05, 3.63) is 17.7 Å². The molecule has 0 unspecified atom stereocenters. The predicted molar refractivity (Wildman–Crippen MR) is 53.7 cm³/mol. The molecule has 0 amide bonds. The lowest BCUT2D eigenvalue weighted by Crippen LogP contribution is -2.21. The van der Waals surface area contributed by atoms with Crippen molar-refractivity contribution in [3.8, 4) is 0 Å². The predicted octanol–water partition coefficient (Wildman–Crippen LogP) is 1.79. The molecule has 15 heavy (non-hydrogen) atoms. The van der Waals surface area contributed by atoms with Crippen molar-refractivity contribution in [1.29, 1.82) is 0 Å². The molecule has 0 aliphatic heterocycles. The van der Waals surface area contributed by atoms with Gasteiger partial charge in [0.25, 0.3) is 0 Å². The third-order valence-electron chi connectivity index (χ3n) is 3.75. The topological polar surface area (TPSA) is 66.0 Å². The van der Waals surface area contributed by atoms with Crippen molar-refractivity contribution in [2.45, 2.75) is 43.4 Å². The number of aromatic nitrogens is 2. The van der Waals surface area contributed by atoms with Crippen LogP contribution in [0.4, 0.5) is 0 Å². The van der Waals surface area contributed by atoms with Crippen molar-refractivity contribution in [2.24, 2.45) is 0 Å². The molecule has 2 N–H and O–H groups in total. The third-order valence-corrected chi connectivity index (χ3v) is 3.75. The maximum atomic E-state index is 11.1. The van der Waals surface area contributed by atoms with Gasteiger partial charge >= 0.3 is 5.97 Å². The average Bonchev–Trinajstić information content (AvgIpc) is 2.80. The average molecular weight is 206 g/mol. The molecular weight excluding hydrogens is 192 g/mol. The van der Waals surface area contributed by atoms with E-state index in [1.54, 1.807) is 0 Å². The zero-order chi connectivity index (χ0) is 10.5. The van der Waals surface area contributed by atoms with Crippen LogP contribution in [-0.2, 0) is 10.2 Å². The first kappa shape index (κ1) is 8.95. The number of carboxylic acid groups (broad SMARTS) is 1. The molecule has 0 spiro atoms. The number of nitrogens with zero attached hydrogens (tertiary/aromatic N) is 1. The molecule has 4 nitrogen and oxygen atoms in total. The molecule has 0 radical (unpaired) electrons. The molecule has 2 fully saturated rings. The van der Waals surface area contributed by atoms with Crippen LogP contribution < -0.4 is 0 Å². The maximum Gasteiger partial charge on any atom is 0.317 e. The van der Waals surface area contributed by atoms with E-state index in [-0.39, 0.29) is 0 Å². The van der Waals surface area contributed by atoms with Gasteiger partial charge in [-0.1, -0.05) is 6.42 Å². The van der Waals surface area contributed by atoms with Gasteiger partial charge in [0.05, 0.1) is 0 Å². The summed E-state index contributed by atoms with van der Waals surface area (Å²) in [5.41, 5.74) is 0.450. The second-order valence-corrected chi connectivity index (χ2v) is 4.70. The molecule has 2 aliphatic rings. The summed E-state index contributed by atoms with van der Waals surface area (Å²) in [6, 6.07) is 0. The minimum Gasteiger partial charge on any atom is -0.480 e. The third kappa shape index (κ3) is 1.20. The summed E-state index contributed by atoms with van der Waals surface area (Å²) < 4.78 is 0. The standard InChI is InChI=1S/C11H14N2O2/c14-10(15)11(4-5-11)9-12-6-8(13-9)7-2-1-3-7/h6-7H,1-5H2,(H,12,13)(H,14,15). The van der Waals surface area contributed by atoms with Crippen LogP contribution in [0.25, 0.3) is 0 Å². The number of aromatic amines is 1. The number of hydrogen-bond acceptors (Lipinski definition) is 2. The number of H-pyrrole nitrogens is 1. The number of imidazole rings is 1. The molecule has 2 saturated carbocycles. The van der Waals surface area contributed by atoms with Crippen LogP contribution in [0.3, 0.4) is 0 Å². The minimum atomic E-state index is -0.739. The molecule has 1 aromatic heterocycles. The lowest BCUT2D eigenvalue weighted by Gasteiger charge is -2.23. The fourth-order valence-corrected chi connectivity index (χ4v) is 2.18. The molecule has 0 bridgehead atoms. The second kappa shape index (κ2) is 2.84. The van der Waals surface area contributed by atoms with Gasteiger partial charge in [-0.2, -0.15) is 0 Å². The number of aliphatic carboxylic acids is 1. The highest BCUT2D eigenvalue weighted by Gasteiger charge is 2.54. The molecular formula is C11H14N2O2. The summed E-state index contributed by atoms with van der Waals surface area (Å²) in [5.74, 6) is 0.518. The summed E-state index contributed by atoms with van der Waals surface area (Å²) in [6.07, 6.45) is 6.97. The van der Waals surface area contributed by atoms with Crippen LogP contribution in [0, 0.1) is 0 Å². The van der Waals surface area contributed by atoms with Gasteiger partial charge in [-0.3, -0.25) is 4.79 Å². The van der Waals surface area contributed by atoms with Gasteiger partial charge in [-0.05, 0) is 25.7 Å². The van der Waals surface area contributed by atoms with Crippen LogP contribution in [0.1, 0.15) is 49.5 Å². The van der Waals surface area contributed by atoms with E-state index in [0.29, 0.717) is 11.7 Å². The van der Waals surface area contributed by atoms with Gasteiger partial charge in [0, 0.05) is 17.8 Å². The Hall–Kier alpha value is -1.32. The van der Waals surface area contributed by atoms with Crippen molar-refractivity contribution in [3.63, 3.8) is 0 Å². The summed E-state index contributed by atoms with van der Waals surface area (Å²) in [6.45, 7) is 0. The van der Waals surface area contributed by atoms with Crippen LogP contribution >= 0.6 is 0 Å². The minimum absolute atomic E-state index is 0.593. The Labute approximate surface area is 87.7 Å². The van der Waals surface area contributed by atoms with Gasteiger partial charge in [0.1, 0.15) is 11.2 Å². The molecule has 0 atom stereocenters. The first-order valence-electron chi connectivity index (χ1n) is 5.51. The van der Waals surface area contributed by atoms with E-state index >= 15 is 0 Å². The van der Waals surface area contributed by atoms with Crippen LogP contribution in [0.5, 0.6) is 0 Å². The smallest absolute Gasteiger partial charge is 0.317 e. The Morgan fingerprint density at radius 2 is 2.27 bits per heavy atom. The number of rotatable bonds is 3. The van der Waals surface area contributed by atoms with Gasteiger partial charge in [0.2, 0.25) is 0 Å². The van der Waals surface area contributed by atoms with Crippen LogP contribution in [0.15, 0.2) is 6.20 Å². The maximum absolute atomic E-state index is 11.1. The summed E-state index contributed by atoms with van der Waals surface area (Å²) in [5, 5.41) is 9.12. The monoisotopic (exact) mass is 206 g/mol. The van der Waals surface area contributed by atoms with E-state index in [1.807, 2.05) is 6.20 Å². The Kier molecular flexibility index (Phi) is 1.69. The van der Waals surface area contributed by atoms with Crippen molar-refractivity contribution in [1.82, 2.24) is 9.97 Å². The first-order valence-corrected chi connectivity index (χ1v) is 5.51. The first-order chi connectivity index (χ1) is 7.22. The molecule has 1 heterocycles. The fraction of sp³-hybridized carbons (Fsp3) is 0.636. The normalized spacial score (nSPS) is 23.5. The summed E-state index contributed by atoms with van der Waals surface area (Å²) in [7, 11) is 0. The Balaban J connectivity index is 1.87. The molecule has 80 valence electrons. The highest BCUT2D eigenvalue weighted by Crippen LogP contribution is 2.47. The highest BCUT2D eigenvalue weighted by atomic mass is 16.4. The van der Waals surface area contributed by atoms with Crippen molar-refractivity contribution < 1.29 is 9.90 Å². The molecule has 0 saturated heterocycles. The highest BCUT2D eigenvalue weighted by molar-refractivity contribution is 5.83. The van der Waals surface area contributed by atoms with Crippen LogP contribution in [0.2, 0.25) is 0 Å². The SMILES string of the molecule is O=C(O)C1(c2ncc(C3CCC3)[nH]2)CC1. The molecule has 4 heteroatoms. The Morgan fingerprint density at radius 1 is 1.53 bits per heavy atom. The number of carbonyl (C=O) groups is 1. The lowest BCUT2D eigenvalue weighted by atomic mass is 9.83. The molecule has 0 aromatic carbocycles. The van der Waals surface area contributed by atoms with E-state index in [0.717, 1.165) is 18.5 Å². The van der Waals surface area contributed by atoms with Crippen molar-refractivity contribution >= 4 is 5.97 Å². The van der Waals surface area contributed by atoms with Crippen molar-refractivity contribution in [2.75, 3.05) is 0 Å². The zero-order valence-corrected chi connectivity index (χ0v) is 8.49. The molecule has 2 aliphatic carbocycles. The summed E-state index contributed by atoms with van der Waals surface area (Å²) >= 11 is 0. The van der Waals surface area contributed by atoms with Crippen LogP contribution in [-0.4, -0.2) is 21.0 Å².